The molecule has 0 heterocycles. The number of ether oxygens (including phenoxy) is 2. The maximum atomic E-state index is 12.5. The molecule has 168 valence electrons. The monoisotopic (exact) mass is 451 g/mol. The van der Waals surface area contributed by atoms with E-state index in [1.807, 2.05) is 24.3 Å². The highest BCUT2D eigenvalue weighted by molar-refractivity contribution is 6.00. The number of ketones is 1. The van der Waals surface area contributed by atoms with E-state index in [1.54, 1.807) is 12.1 Å². The van der Waals surface area contributed by atoms with Crippen LogP contribution in [0.1, 0.15) is 31.8 Å². The van der Waals surface area contributed by atoms with E-state index >= 15 is 0 Å². The summed E-state index contributed by atoms with van der Waals surface area (Å²) >= 11 is 0. The van der Waals surface area contributed by atoms with Gasteiger partial charge in [0.2, 0.25) is 0 Å². The molecule has 0 saturated heterocycles. The van der Waals surface area contributed by atoms with Crippen LogP contribution in [0.25, 0.3) is 11.1 Å². The van der Waals surface area contributed by atoms with Gasteiger partial charge in [0.1, 0.15) is 12.3 Å². The van der Waals surface area contributed by atoms with Gasteiger partial charge in [-0.15, -0.1) is 0 Å². The van der Waals surface area contributed by atoms with Crippen molar-refractivity contribution in [3.8, 4) is 16.9 Å². The average molecular weight is 451 g/mol. The number of nitrogens with one attached hydrogen (secondary N) is 1. The predicted octanol–water partition coefficient (Wildman–Crippen LogP) is 4.02. The Morgan fingerprint density at radius 1 is 0.879 bits per heavy atom. The van der Waals surface area contributed by atoms with Crippen LogP contribution in [-0.2, 0) is 16.0 Å². The van der Waals surface area contributed by atoms with Gasteiger partial charge >= 0.3 is 12.6 Å². The van der Waals surface area contributed by atoms with Gasteiger partial charge in [-0.05, 0) is 52.9 Å². The van der Waals surface area contributed by atoms with Crippen LogP contribution in [0.2, 0.25) is 0 Å². The Kier molecular flexibility index (Phi) is 6.44. The molecule has 0 aromatic heterocycles. The normalized spacial score (nSPS) is 11.5. The van der Waals surface area contributed by atoms with Crippen molar-refractivity contribution in [3.63, 3.8) is 0 Å². The van der Waals surface area contributed by atoms with Crippen LogP contribution < -0.4 is 10.1 Å². The molecule has 8 heteroatoms. The molecule has 3 aromatic rings. The highest BCUT2D eigenvalue weighted by Crippen LogP contribution is 2.36. The maximum absolute atomic E-state index is 12.5. The lowest BCUT2D eigenvalue weighted by Gasteiger charge is -2.09. The lowest BCUT2D eigenvalue weighted by Crippen LogP contribution is -2.31. The standard InChI is InChI=1S/C25H19F2NO5/c26-25(27)33-19-6-3-5-18(11-19)24(31)28-13-23(30)32-14-22(29)17-9-8-16-10-15-4-1-2-7-20(15)21(16)12-17/h1-9,11-12,25H,10,13-14H2,(H,28,31). The topological polar surface area (TPSA) is 81.7 Å². The van der Waals surface area contributed by atoms with E-state index in [0.29, 0.717) is 5.56 Å². The van der Waals surface area contributed by atoms with Crippen molar-refractivity contribution in [1.82, 2.24) is 5.32 Å². The van der Waals surface area contributed by atoms with Crippen molar-refractivity contribution >= 4 is 17.7 Å². The summed E-state index contributed by atoms with van der Waals surface area (Å²) in [5, 5.41) is 2.32. The van der Waals surface area contributed by atoms with Crippen LogP contribution in [0.4, 0.5) is 8.78 Å². The second-order valence-electron chi connectivity index (χ2n) is 7.38. The Labute approximate surface area is 188 Å². The fourth-order valence-electron chi connectivity index (χ4n) is 3.65. The minimum absolute atomic E-state index is 0.0375. The third kappa shape index (κ3) is 5.23. The van der Waals surface area contributed by atoms with Gasteiger partial charge < -0.3 is 14.8 Å². The molecule has 1 amide bonds. The van der Waals surface area contributed by atoms with Crippen molar-refractivity contribution in [2.45, 2.75) is 13.0 Å². The number of hydrogen-bond donors (Lipinski definition) is 1. The van der Waals surface area contributed by atoms with Crippen molar-refractivity contribution in [3.05, 3.63) is 89.0 Å². The minimum atomic E-state index is -3.02. The fraction of sp³-hybridized carbons (Fsp3) is 0.160. The van der Waals surface area contributed by atoms with Gasteiger partial charge in [-0.25, -0.2) is 0 Å². The molecule has 33 heavy (non-hydrogen) atoms. The summed E-state index contributed by atoms with van der Waals surface area (Å²) < 4.78 is 33.8. The molecule has 1 N–H and O–H groups in total. The molecular formula is C25H19F2NO5. The van der Waals surface area contributed by atoms with E-state index in [-0.39, 0.29) is 17.1 Å². The minimum Gasteiger partial charge on any atom is -0.456 e. The summed E-state index contributed by atoms with van der Waals surface area (Å²) in [6, 6.07) is 18.5. The van der Waals surface area contributed by atoms with E-state index in [0.717, 1.165) is 29.2 Å². The van der Waals surface area contributed by atoms with Crippen molar-refractivity contribution < 1.29 is 32.6 Å². The van der Waals surface area contributed by atoms with Crippen LogP contribution in [0.15, 0.2) is 66.7 Å². The third-order valence-electron chi connectivity index (χ3n) is 5.20. The largest absolute Gasteiger partial charge is 0.456 e. The number of esters is 1. The number of benzene rings is 3. The Bertz CT molecular complexity index is 1220. The molecule has 0 spiro atoms. The molecule has 4 rings (SSSR count). The lowest BCUT2D eigenvalue weighted by atomic mass is 10.0. The highest BCUT2D eigenvalue weighted by atomic mass is 19.3. The van der Waals surface area contributed by atoms with Crippen LogP contribution in [0, 0.1) is 0 Å². The smallest absolute Gasteiger partial charge is 0.387 e. The lowest BCUT2D eigenvalue weighted by molar-refractivity contribution is -0.141. The van der Waals surface area contributed by atoms with Gasteiger partial charge in [-0.2, -0.15) is 8.78 Å². The van der Waals surface area contributed by atoms with E-state index in [2.05, 4.69) is 16.1 Å². The predicted molar refractivity (Wildman–Crippen MR) is 115 cm³/mol. The molecular weight excluding hydrogens is 432 g/mol. The van der Waals surface area contributed by atoms with Crippen LogP contribution in [0.5, 0.6) is 5.75 Å². The van der Waals surface area contributed by atoms with E-state index < -0.39 is 31.6 Å². The first kappa shape index (κ1) is 22.1. The number of Topliss-reactive ketones (excluding diaryl/α,β-unsaturated/α-hetero) is 1. The van der Waals surface area contributed by atoms with Crippen LogP contribution in [-0.4, -0.2) is 37.4 Å². The van der Waals surface area contributed by atoms with Crippen molar-refractivity contribution in [1.29, 1.82) is 0 Å². The molecule has 0 bridgehead atoms. The number of fused-ring (bicyclic) bond motifs is 3. The zero-order chi connectivity index (χ0) is 23.4. The van der Waals surface area contributed by atoms with E-state index in [1.165, 1.54) is 23.8 Å². The number of carbonyl (C=O) groups is 3. The van der Waals surface area contributed by atoms with Gasteiger partial charge in [0.25, 0.3) is 5.91 Å². The Morgan fingerprint density at radius 3 is 2.48 bits per heavy atom. The van der Waals surface area contributed by atoms with E-state index in [9.17, 15) is 23.2 Å². The number of halogens is 2. The quantitative estimate of drug-likeness (QED) is 0.323. The van der Waals surface area contributed by atoms with Gasteiger partial charge in [-0.1, -0.05) is 42.5 Å². The van der Waals surface area contributed by atoms with Gasteiger partial charge in [0, 0.05) is 11.1 Å². The molecule has 1 aliphatic carbocycles. The average Bonchev–Trinajstić information content (AvgIpc) is 3.18. The molecule has 6 nitrogen and oxygen atoms in total. The number of carbonyl (C=O) groups excluding carboxylic acids is 3. The summed E-state index contributed by atoms with van der Waals surface area (Å²) in [5.74, 6) is -2.01. The first-order valence-corrected chi connectivity index (χ1v) is 10.1. The summed E-state index contributed by atoms with van der Waals surface area (Å²) in [6.07, 6.45) is 0.811. The van der Waals surface area contributed by atoms with Gasteiger partial charge in [-0.3, -0.25) is 14.4 Å². The Morgan fingerprint density at radius 2 is 1.67 bits per heavy atom. The Balaban J connectivity index is 1.29. The summed E-state index contributed by atoms with van der Waals surface area (Å²) in [5.41, 5.74) is 4.88. The molecule has 3 aromatic carbocycles. The number of rotatable bonds is 8. The number of amides is 1. The molecule has 0 unspecified atom stereocenters. The van der Waals surface area contributed by atoms with Crippen molar-refractivity contribution in [2.24, 2.45) is 0 Å². The first-order valence-electron chi connectivity index (χ1n) is 10.1. The second kappa shape index (κ2) is 9.60. The number of hydrogen-bond acceptors (Lipinski definition) is 5. The Hall–Kier alpha value is -4.07. The molecule has 0 fully saturated rings. The summed E-state index contributed by atoms with van der Waals surface area (Å²) in [7, 11) is 0. The molecule has 0 radical (unpaired) electrons. The highest BCUT2D eigenvalue weighted by Gasteiger charge is 2.20. The zero-order valence-corrected chi connectivity index (χ0v) is 17.3. The fourth-order valence-corrected chi connectivity index (χ4v) is 3.65. The molecule has 1 aliphatic rings. The van der Waals surface area contributed by atoms with Crippen LogP contribution >= 0.6 is 0 Å². The second-order valence-corrected chi connectivity index (χ2v) is 7.38. The van der Waals surface area contributed by atoms with Gasteiger partial charge in [0.05, 0.1) is 0 Å². The molecule has 0 atom stereocenters. The SMILES string of the molecule is O=C(CNC(=O)c1cccc(OC(F)F)c1)OCC(=O)c1ccc2c(c1)-c1ccccc1C2. The van der Waals surface area contributed by atoms with Crippen LogP contribution in [0.3, 0.4) is 0 Å². The van der Waals surface area contributed by atoms with Gasteiger partial charge in [0.15, 0.2) is 12.4 Å². The summed E-state index contributed by atoms with van der Waals surface area (Å²) in [6.45, 7) is -3.97. The van der Waals surface area contributed by atoms with E-state index in [4.69, 9.17) is 4.74 Å². The van der Waals surface area contributed by atoms with Crippen molar-refractivity contribution in [2.75, 3.05) is 13.2 Å². The first-order chi connectivity index (χ1) is 15.9. The third-order valence-corrected chi connectivity index (χ3v) is 5.20. The molecule has 0 saturated carbocycles. The maximum Gasteiger partial charge on any atom is 0.387 e. The summed E-state index contributed by atoms with van der Waals surface area (Å²) in [4.78, 5) is 36.6. The zero-order valence-electron chi connectivity index (χ0n) is 17.3. The number of alkyl halides is 2. The molecule has 0 aliphatic heterocycles.